The van der Waals surface area contributed by atoms with Crippen LogP contribution in [0.25, 0.3) is 0 Å². The lowest BCUT2D eigenvalue weighted by Gasteiger charge is -2.22. The van der Waals surface area contributed by atoms with Crippen LogP contribution in [0, 0.1) is 0 Å². The average Bonchev–Trinajstić information content (AvgIpc) is 2.12. The van der Waals surface area contributed by atoms with Crippen molar-refractivity contribution in [2.24, 2.45) is 4.99 Å². The number of aliphatic imine (C=N–C) groups is 1. The van der Waals surface area contributed by atoms with Crippen LogP contribution in [0.2, 0.25) is 0 Å². The van der Waals surface area contributed by atoms with Gasteiger partial charge in [-0.25, -0.2) is 8.78 Å². The minimum atomic E-state index is -2.25. The number of alkyl halides is 2. The van der Waals surface area contributed by atoms with Crippen molar-refractivity contribution in [1.82, 2.24) is 5.32 Å². The lowest BCUT2D eigenvalue weighted by molar-refractivity contribution is 0.108. The third-order valence-electron chi connectivity index (χ3n) is 1.55. The van der Waals surface area contributed by atoms with E-state index in [1.54, 1.807) is 6.92 Å². The zero-order valence-electron chi connectivity index (χ0n) is 5.77. The predicted molar refractivity (Wildman–Crippen MR) is 35.5 cm³/mol. The van der Waals surface area contributed by atoms with Gasteiger partial charge in [0, 0.05) is 6.42 Å². The second kappa shape index (κ2) is 2.52. The first-order chi connectivity index (χ1) is 4.62. The molecule has 1 rings (SSSR count). The van der Waals surface area contributed by atoms with E-state index in [2.05, 4.69) is 10.3 Å². The summed E-state index contributed by atoms with van der Waals surface area (Å²) in [5.41, 5.74) is -0.506. The van der Waals surface area contributed by atoms with Crippen molar-refractivity contribution in [3.63, 3.8) is 0 Å². The Labute approximate surface area is 58.3 Å². The van der Waals surface area contributed by atoms with Crippen LogP contribution in [-0.4, -0.2) is 24.8 Å². The SMILES string of the molecule is CC1(CC(F)F)CN=CN1. The van der Waals surface area contributed by atoms with Gasteiger partial charge in [0.05, 0.1) is 18.4 Å². The fourth-order valence-electron chi connectivity index (χ4n) is 0.958. The first-order valence-electron chi connectivity index (χ1n) is 3.16. The molecule has 0 spiro atoms. The zero-order valence-corrected chi connectivity index (χ0v) is 5.77. The number of rotatable bonds is 2. The van der Waals surface area contributed by atoms with Crippen LogP contribution in [0.15, 0.2) is 4.99 Å². The minimum Gasteiger partial charge on any atom is -0.369 e. The van der Waals surface area contributed by atoms with Crippen LogP contribution >= 0.6 is 0 Å². The van der Waals surface area contributed by atoms with Gasteiger partial charge in [-0.05, 0) is 6.92 Å². The summed E-state index contributed by atoms with van der Waals surface area (Å²) in [5.74, 6) is 0. The third-order valence-corrected chi connectivity index (χ3v) is 1.55. The topological polar surface area (TPSA) is 24.4 Å². The highest BCUT2D eigenvalue weighted by molar-refractivity contribution is 5.58. The molecule has 0 radical (unpaired) electrons. The number of nitrogens with one attached hydrogen (secondary N) is 1. The maximum atomic E-state index is 11.8. The first-order valence-corrected chi connectivity index (χ1v) is 3.16. The summed E-state index contributed by atoms with van der Waals surface area (Å²) < 4.78 is 23.7. The van der Waals surface area contributed by atoms with Crippen LogP contribution < -0.4 is 5.32 Å². The summed E-state index contributed by atoms with van der Waals surface area (Å²) in [6, 6.07) is 0. The molecule has 0 amide bonds. The van der Waals surface area contributed by atoms with Crippen molar-refractivity contribution in [2.75, 3.05) is 6.54 Å². The van der Waals surface area contributed by atoms with Crippen LogP contribution in [-0.2, 0) is 0 Å². The fourth-order valence-corrected chi connectivity index (χ4v) is 0.958. The quantitative estimate of drug-likeness (QED) is 0.621. The van der Waals surface area contributed by atoms with E-state index >= 15 is 0 Å². The standard InChI is InChI=1S/C6H10F2N2/c1-6(2-5(7)8)3-9-4-10-6/h4-5H,2-3H2,1H3,(H,9,10). The molecule has 0 bridgehead atoms. The largest absolute Gasteiger partial charge is 0.369 e. The lowest BCUT2D eigenvalue weighted by Crippen LogP contribution is -2.41. The van der Waals surface area contributed by atoms with Crippen molar-refractivity contribution in [3.05, 3.63) is 0 Å². The van der Waals surface area contributed by atoms with Crippen LogP contribution in [0.5, 0.6) is 0 Å². The Kier molecular flexibility index (Phi) is 1.87. The molecule has 0 aromatic carbocycles. The Hall–Kier alpha value is -0.670. The van der Waals surface area contributed by atoms with Crippen molar-refractivity contribution in [2.45, 2.75) is 25.3 Å². The highest BCUT2D eigenvalue weighted by atomic mass is 19.3. The summed E-state index contributed by atoms with van der Waals surface area (Å²) in [7, 11) is 0. The molecule has 0 aliphatic carbocycles. The van der Waals surface area contributed by atoms with E-state index in [0.29, 0.717) is 6.54 Å². The average molecular weight is 148 g/mol. The molecule has 0 aromatic rings. The molecule has 1 aliphatic rings. The molecule has 10 heavy (non-hydrogen) atoms. The van der Waals surface area contributed by atoms with Crippen molar-refractivity contribution in [3.8, 4) is 0 Å². The first kappa shape index (κ1) is 7.44. The molecule has 1 aliphatic heterocycles. The van der Waals surface area contributed by atoms with Gasteiger partial charge < -0.3 is 5.32 Å². The Morgan fingerprint density at radius 2 is 2.50 bits per heavy atom. The summed E-state index contributed by atoms with van der Waals surface area (Å²) in [6.07, 6.45) is -0.894. The van der Waals surface area contributed by atoms with Gasteiger partial charge in [-0.2, -0.15) is 0 Å². The van der Waals surface area contributed by atoms with Crippen LogP contribution in [0.4, 0.5) is 8.78 Å². The van der Waals surface area contributed by atoms with Gasteiger partial charge in [0.15, 0.2) is 0 Å². The Balaban J connectivity index is 2.38. The summed E-state index contributed by atoms with van der Waals surface area (Å²) in [6.45, 7) is 2.20. The molecule has 1 atom stereocenters. The maximum absolute atomic E-state index is 11.8. The van der Waals surface area contributed by atoms with Crippen molar-refractivity contribution < 1.29 is 8.78 Å². The normalized spacial score (nSPS) is 31.2. The Morgan fingerprint density at radius 3 is 2.90 bits per heavy atom. The molecule has 4 heteroatoms. The predicted octanol–water partition coefficient (Wildman–Crippen LogP) is 1.03. The highest BCUT2D eigenvalue weighted by Crippen LogP contribution is 2.17. The van der Waals surface area contributed by atoms with Gasteiger partial charge in [-0.3, -0.25) is 4.99 Å². The monoisotopic (exact) mass is 148 g/mol. The fraction of sp³-hybridized carbons (Fsp3) is 0.833. The lowest BCUT2D eigenvalue weighted by atomic mass is 10.00. The number of halogens is 2. The molecule has 0 aromatic heterocycles. The zero-order chi connectivity index (χ0) is 7.61. The smallest absolute Gasteiger partial charge is 0.240 e. The molecular formula is C6H10F2N2. The molecular weight excluding hydrogens is 138 g/mol. The molecule has 1 N–H and O–H groups in total. The Morgan fingerprint density at radius 1 is 1.80 bits per heavy atom. The van der Waals surface area contributed by atoms with Gasteiger partial charge in [0.2, 0.25) is 6.43 Å². The Bertz CT molecular complexity index is 137. The van der Waals surface area contributed by atoms with Gasteiger partial charge in [-0.1, -0.05) is 0 Å². The molecule has 0 fully saturated rings. The van der Waals surface area contributed by atoms with Crippen molar-refractivity contribution in [1.29, 1.82) is 0 Å². The molecule has 1 heterocycles. The second-order valence-corrected chi connectivity index (χ2v) is 2.77. The molecule has 2 nitrogen and oxygen atoms in total. The van der Waals surface area contributed by atoms with Gasteiger partial charge in [0.25, 0.3) is 0 Å². The van der Waals surface area contributed by atoms with E-state index < -0.39 is 12.0 Å². The van der Waals surface area contributed by atoms with E-state index in [4.69, 9.17) is 0 Å². The summed E-state index contributed by atoms with van der Waals surface area (Å²) in [5, 5.41) is 2.79. The number of nitrogens with zero attached hydrogens (tertiary/aromatic N) is 1. The molecule has 0 saturated carbocycles. The summed E-state index contributed by atoms with van der Waals surface area (Å²) in [4.78, 5) is 3.82. The molecule has 0 saturated heterocycles. The van der Waals surface area contributed by atoms with E-state index in [0.717, 1.165) is 0 Å². The maximum Gasteiger partial charge on any atom is 0.240 e. The van der Waals surface area contributed by atoms with Crippen molar-refractivity contribution >= 4 is 6.34 Å². The van der Waals surface area contributed by atoms with E-state index in [1.807, 2.05) is 0 Å². The number of hydrogen-bond donors (Lipinski definition) is 1. The van der Waals surface area contributed by atoms with Gasteiger partial charge in [0.1, 0.15) is 0 Å². The van der Waals surface area contributed by atoms with E-state index in [9.17, 15) is 8.78 Å². The van der Waals surface area contributed by atoms with Crippen LogP contribution in [0.1, 0.15) is 13.3 Å². The number of hydrogen-bond acceptors (Lipinski definition) is 2. The van der Waals surface area contributed by atoms with Gasteiger partial charge >= 0.3 is 0 Å². The molecule has 1 unspecified atom stereocenters. The van der Waals surface area contributed by atoms with E-state index in [-0.39, 0.29) is 6.42 Å². The highest BCUT2D eigenvalue weighted by Gasteiger charge is 2.29. The summed E-state index contributed by atoms with van der Waals surface area (Å²) >= 11 is 0. The molecule has 58 valence electrons. The van der Waals surface area contributed by atoms with Gasteiger partial charge in [-0.15, -0.1) is 0 Å². The van der Waals surface area contributed by atoms with Crippen LogP contribution in [0.3, 0.4) is 0 Å². The second-order valence-electron chi connectivity index (χ2n) is 2.77. The van der Waals surface area contributed by atoms with E-state index in [1.165, 1.54) is 6.34 Å². The minimum absolute atomic E-state index is 0.132. The third kappa shape index (κ3) is 1.65.